The number of amides is 1. The summed E-state index contributed by atoms with van der Waals surface area (Å²) in [6, 6.07) is -0.172. The molecule has 0 bridgehead atoms. The van der Waals surface area contributed by atoms with Gasteiger partial charge in [0.15, 0.2) is 0 Å². The number of carbonyl (C=O) groups is 2. The lowest BCUT2D eigenvalue weighted by Gasteiger charge is -2.47. The van der Waals surface area contributed by atoms with Crippen LogP contribution in [0, 0.1) is 17.3 Å². The van der Waals surface area contributed by atoms with Crippen LogP contribution in [0.5, 0.6) is 0 Å². The molecule has 1 amide bonds. The predicted molar refractivity (Wildman–Crippen MR) is 134 cm³/mol. The van der Waals surface area contributed by atoms with Crippen molar-refractivity contribution in [2.24, 2.45) is 23.0 Å². The summed E-state index contributed by atoms with van der Waals surface area (Å²) in [5, 5.41) is 0. The highest BCUT2D eigenvalue weighted by atomic mass is 79.9. The van der Waals surface area contributed by atoms with Gasteiger partial charge in [-0.2, -0.15) is 0 Å². The van der Waals surface area contributed by atoms with Gasteiger partial charge in [0.25, 0.3) is 0 Å². The summed E-state index contributed by atoms with van der Waals surface area (Å²) >= 11 is 3.67. The first-order valence-electron chi connectivity index (χ1n) is 12.1. The van der Waals surface area contributed by atoms with Gasteiger partial charge in [-0.3, -0.25) is 9.69 Å². The minimum atomic E-state index is -0.966. The van der Waals surface area contributed by atoms with Crippen LogP contribution in [-0.4, -0.2) is 39.9 Å². The van der Waals surface area contributed by atoms with Crippen molar-refractivity contribution >= 4 is 28.0 Å². The van der Waals surface area contributed by atoms with E-state index >= 15 is 0 Å². The second-order valence-corrected chi connectivity index (χ2v) is 13.1. The Morgan fingerprint density at radius 1 is 1.09 bits per heavy atom. The lowest BCUT2D eigenvalue weighted by atomic mass is 9.65. The third kappa shape index (κ3) is 5.04. The summed E-state index contributed by atoms with van der Waals surface area (Å²) in [6.45, 7) is 15.6. The first kappa shape index (κ1) is 26.3. The standard InChI is InChI=1S/C26H41BrN2O4/c1-16-14-18(27)15-19-20(16)29(22(31)33-24(5,6)7)26(28)13-11-17(10-9-12-25(19,26)8)21(30)32-23(2,3)4/h14-17,20H,9-13,28H2,1-8H3/t16?,17?,20?,25?,26-/m0/s1. The van der Waals surface area contributed by atoms with Crippen molar-refractivity contribution in [1.29, 1.82) is 0 Å². The number of nitrogens with two attached hydrogens (primary N) is 1. The minimum absolute atomic E-state index is 0.0825. The van der Waals surface area contributed by atoms with Crippen molar-refractivity contribution in [1.82, 2.24) is 4.90 Å². The van der Waals surface area contributed by atoms with E-state index < -0.39 is 28.4 Å². The Kier molecular flexibility index (Phi) is 6.93. The number of fused-ring (bicyclic) bond motifs is 3. The number of hydrogen-bond donors (Lipinski definition) is 1. The Morgan fingerprint density at radius 3 is 2.27 bits per heavy atom. The lowest BCUT2D eigenvalue weighted by molar-refractivity contribution is -0.161. The van der Waals surface area contributed by atoms with E-state index in [1.54, 1.807) is 4.90 Å². The zero-order valence-corrected chi connectivity index (χ0v) is 23.0. The number of allylic oxidation sites excluding steroid dienone is 2. The van der Waals surface area contributed by atoms with Crippen molar-refractivity contribution in [3.63, 3.8) is 0 Å². The molecular formula is C26H41BrN2O4. The van der Waals surface area contributed by atoms with E-state index in [2.05, 4.69) is 41.9 Å². The molecule has 33 heavy (non-hydrogen) atoms. The lowest BCUT2D eigenvalue weighted by Crippen LogP contribution is -2.64. The fraction of sp³-hybridized carbons (Fsp3) is 0.769. The fourth-order valence-corrected chi connectivity index (χ4v) is 6.40. The number of likely N-dealkylation sites (tertiary alicyclic amines) is 1. The summed E-state index contributed by atoms with van der Waals surface area (Å²) in [7, 11) is 0. The van der Waals surface area contributed by atoms with Crippen molar-refractivity contribution < 1.29 is 19.1 Å². The second kappa shape index (κ2) is 8.71. The molecule has 5 atom stereocenters. The van der Waals surface area contributed by atoms with E-state index in [4.69, 9.17) is 15.2 Å². The van der Waals surface area contributed by atoms with Crippen molar-refractivity contribution in [3.05, 3.63) is 22.2 Å². The van der Waals surface area contributed by atoms with E-state index in [0.717, 1.165) is 23.7 Å². The first-order valence-corrected chi connectivity index (χ1v) is 12.9. The Hall–Kier alpha value is -1.34. The van der Waals surface area contributed by atoms with Gasteiger partial charge >= 0.3 is 12.1 Å². The third-order valence-corrected chi connectivity index (χ3v) is 7.76. The molecule has 1 heterocycles. The molecule has 0 spiro atoms. The zero-order chi connectivity index (χ0) is 25.0. The minimum Gasteiger partial charge on any atom is -0.460 e. The molecule has 2 aliphatic carbocycles. The summed E-state index contributed by atoms with van der Waals surface area (Å²) in [4.78, 5) is 28.3. The van der Waals surface area contributed by atoms with Crippen LogP contribution >= 0.6 is 15.9 Å². The number of ether oxygens (including phenoxy) is 2. The van der Waals surface area contributed by atoms with Gasteiger partial charge in [-0.05, 0) is 84.8 Å². The van der Waals surface area contributed by atoms with Crippen LogP contribution in [-0.2, 0) is 14.3 Å². The SMILES string of the molecule is CC1C=C(Br)C=C2C1N(C(=O)OC(C)(C)C)[C@@]1(N)CCC(C(=O)OC(C)(C)C)CCCC21C. The molecule has 4 unspecified atom stereocenters. The van der Waals surface area contributed by atoms with Gasteiger partial charge in [-0.1, -0.05) is 42.3 Å². The number of esters is 1. The molecular weight excluding hydrogens is 484 g/mol. The van der Waals surface area contributed by atoms with Crippen LogP contribution < -0.4 is 5.73 Å². The van der Waals surface area contributed by atoms with Crippen LogP contribution in [0.2, 0.25) is 0 Å². The van der Waals surface area contributed by atoms with Crippen LogP contribution in [0.15, 0.2) is 22.2 Å². The number of carbonyl (C=O) groups excluding carboxylic acids is 2. The van der Waals surface area contributed by atoms with Gasteiger partial charge in [-0.25, -0.2) is 4.79 Å². The van der Waals surface area contributed by atoms with Crippen LogP contribution in [0.4, 0.5) is 4.79 Å². The molecule has 1 saturated heterocycles. The van der Waals surface area contributed by atoms with E-state index in [-0.39, 0.29) is 23.8 Å². The first-order chi connectivity index (χ1) is 15.0. The monoisotopic (exact) mass is 524 g/mol. The molecule has 6 nitrogen and oxygen atoms in total. The normalized spacial score (nSPS) is 34.8. The summed E-state index contributed by atoms with van der Waals surface area (Å²) in [5.41, 5.74) is 5.91. The van der Waals surface area contributed by atoms with Crippen LogP contribution in [0.3, 0.4) is 0 Å². The summed E-state index contributed by atoms with van der Waals surface area (Å²) < 4.78 is 12.6. The third-order valence-electron chi connectivity index (χ3n) is 7.27. The maximum absolute atomic E-state index is 13.6. The largest absolute Gasteiger partial charge is 0.460 e. The molecule has 1 saturated carbocycles. The van der Waals surface area contributed by atoms with Crippen LogP contribution in [0.25, 0.3) is 0 Å². The molecule has 0 aromatic carbocycles. The summed E-state index contributed by atoms with van der Waals surface area (Å²) in [5.74, 6) is -0.321. The van der Waals surface area contributed by atoms with Crippen molar-refractivity contribution in [2.75, 3.05) is 0 Å². The Bertz CT molecular complexity index is 868. The van der Waals surface area contributed by atoms with Crippen molar-refractivity contribution in [3.8, 4) is 0 Å². The van der Waals surface area contributed by atoms with E-state index in [1.165, 1.54) is 5.57 Å². The number of halogens is 1. The van der Waals surface area contributed by atoms with Crippen LogP contribution in [0.1, 0.15) is 87.5 Å². The molecule has 0 radical (unpaired) electrons. The smallest absolute Gasteiger partial charge is 0.412 e. The highest BCUT2D eigenvalue weighted by Crippen LogP contribution is 2.59. The van der Waals surface area contributed by atoms with Gasteiger partial charge in [-0.15, -0.1) is 0 Å². The van der Waals surface area contributed by atoms with E-state index in [0.29, 0.717) is 12.8 Å². The number of hydrogen-bond acceptors (Lipinski definition) is 5. The molecule has 0 aromatic heterocycles. The Morgan fingerprint density at radius 2 is 1.70 bits per heavy atom. The van der Waals surface area contributed by atoms with Gasteiger partial charge < -0.3 is 15.2 Å². The Labute approximate surface area is 207 Å². The van der Waals surface area contributed by atoms with E-state index in [1.807, 2.05) is 41.5 Å². The quantitative estimate of drug-likeness (QED) is 0.422. The van der Waals surface area contributed by atoms with E-state index in [9.17, 15) is 9.59 Å². The zero-order valence-electron chi connectivity index (χ0n) is 21.5. The average molecular weight is 526 g/mol. The highest BCUT2D eigenvalue weighted by Gasteiger charge is 2.64. The van der Waals surface area contributed by atoms with Gasteiger partial charge in [0.1, 0.15) is 16.9 Å². The Balaban J connectivity index is 2.02. The molecule has 186 valence electrons. The van der Waals surface area contributed by atoms with Crippen molar-refractivity contribution in [2.45, 2.75) is 110 Å². The molecule has 7 heteroatoms. The molecule has 3 rings (SSSR count). The fourth-order valence-electron chi connectivity index (χ4n) is 5.74. The topological polar surface area (TPSA) is 81.9 Å². The molecule has 2 fully saturated rings. The van der Waals surface area contributed by atoms with Gasteiger partial charge in [0.05, 0.1) is 12.0 Å². The molecule has 1 aliphatic heterocycles. The second-order valence-electron chi connectivity index (χ2n) is 12.2. The average Bonchev–Trinajstić information content (AvgIpc) is 2.79. The molecule has 3 aliphatic rings. The maximum atomic E-state index is 13.6. The molecule has 2 N–H and O–H groups in total. The van der Waals surface area contributed by atoms with Gasteiger partial charge in [0.2, 0.25) is 0 Å². The predicted octanol–water partition coefficient (Wildman–Crippen LogP) is 6.04. The summed E-state index contributed by atoms with van der Waals surface area (Å²) in [6.07, 6.45) is 7.34. The number of rotatable bonds is 1. The molecule has 0 aromatic rings. The number of nitrogens with zero attached hydrogens (tertiary/aromatic N) is 1. The maximum Gasteiger partial charge on any atom is 0.412 e. The highest BCUT2D eigenvalue weighted by molar-refractivity contribution is 9.11. The van der Waals surface area contributed by atoms with Gasteiger partial charge in [0, 0.05) is 9.90 Å².